The van der Waals surface area contributed by atoms with E-state index in [4.69, 9.17) is 0 Å². The monoisotopic (exact) mass is 276 g/mol. The molecule has 0 aliphatic carbocycles. The molecule has 1 aromatic heterocycles. The minimum atomic E-state index is -4.66. The zero-order chi connectivity index (χ0) is 15.1. The summed E-state index contributed by atoms with van der Waals surface area (Å²) >= 11 is 0. The molecule has 0 fully saturated rings. The van der Waals surface area contributed by atoms with Gasteiger partial charge in [0.15, 0.2) is 0 Å². The number of imidazole rings is 1. The van der Waals surface area contributed by atoms with Gasteiger partial charge in [0, 0.05) is 6.07 Å². The highest BCUT2D eigenvalue weighted by molar-refractivity contribution is 5.76. The van der Waals surface area contributed by atoms with E-state index < -0.39 is 6.36 Å². The number of aromatic amines is 1. The second kappa shape index (κ2) is 7.66. The Balaban J connectivity index is 0.000000741. The number of aromatic nitrogens is 2. The van der Waals surface area contributed by atoms with E-state index in [1.165, 1.54) is 18.2 Å². The third kappa shape index (κ3) is 5.63. The van der Waals surface area contributed by atoms with Crippen molar-refractivity contribution in [2.45, 2.75) is 41.0 Å². The molecule has 0 aliphatic rings. The summed E-state index contributed by atoms with van der Waals surface area (Å²) in [6, 6.07) is 3.97. The summed E-state index contributed by atoms with van der Waals surface area (Å²) in [5.74, 6) is 0.396. The molecule has 2 rings (SSSR count). The van der Waals surface area contributed by atoms with E-state index in [1.807, 2.05) is 27.7 Å². The van der Waals surface area contributed by atoms with Gasteiger partial charge < -0.3 is 9.72 Å². The van der Waals surface area contributed by atoms with Crippen LogP contribution >= 0.6 is 0 Å². The number of halogens is 3. The van der Waals surface area contributed by atoms with Crippen molar-refractivity contribution < 1.29 is 17.9 Å². The third-order valence-electron chi connectivity index (χ3n) is 1.81. The van der Waals surface area contributed by atoms with Crippen molar-refractivity contribution in [2.75, 3.05) is 0 Å². The number of nitrogens with zero attached hydrogens (tertiary/aromatic N) is 1. The Kier molecular flexibility index (Phi) is 6.96. The van der Waals surface area contributed by atoms with Gasteiger partial charge in [0.05, 0.1) is 11.0 Å². The van der Waals surface area contributed by atoms with E-state index in [2.05, 4.69) is 14.7 Å². The van der Waals surface area contributed by atoms with Gasteiger partial charge in [-0.1, -0.05) is 27.7 Å². The number of rotatable bonds is 1. The fraction of sp³-hybridized carbons (Fsp3) is 0.462. The van der Waals surface area contributed by atoms with Crippen LogP contribution in [0.15, 0.2) is 18.2 Å². The van der Waals surface area contributed by atoms with Gasteiger partial charge >= 0.3 is 6.36 Å². The van der Waals surface area contributed by atoms with Crippen molar-refractivity contribution in [3.05, 3.63) is 24.0 Å². The number of fused-ring (bicyclic) bond motifs is 1. The number of benzene rings is 1. The Morgan fingerprint density at radius 3 is 2.21 bits per heavy atom. The van der Waals surface area contributed by atoms with E-state index in [0.29, 0.717) is 16.9 Å². The smallest absolute Gasteiger partial charge is 0.406 e. The van der Waals surface area contributed by atoms with Crippen molar-refractivity contribution in [2.24, 2.45) is 0 Å². The fourth-order valence-electron chi connectivity index (χ4n) is 1.31. The standard InChI is InChI=1S/C9H7F3N2O.2C2H6/c1-5-13-7-3-2-6(4-8(7)14-5)15-9(10,11)12;2*1-2/h2-4H,1H3,(H,13,14);2*1-2H3. The summed E-state index contributed by atoms with van der Waals surface area (Å²) in [6.07, 6.45) is -4.66. The highest BCUT2D eigenvalue weighted by Crippen LogP contribution is 2.25. The lowest BCUT2D eigenvalue weighted by Crippen LogP contribution is -2.16. The Bertz CT molecular complexity index is 492. The third-order valence-corrected chi connectivity index (χ3v) is 1.81. The van der Waals surface area contributed by atoms with Crippen LogP contribution in [0.2, 0.25) is 0 Å². The molecule has 0 saturated carbocycles. The molecule has 0 unspecified atom stereocenters. The summed E-state index contributed by atoms with van der Waals surface area (Å²) in [5.41, 5.74) is 1.14. The molecule has 0 bridgehead atoms. The van der Waals surface area contributed by atoms with E-state index >= 15 is 0 Å². The topological polar surface area (TPSA) is 37.9 Å². The van der Waals surface area contributed by atoms with E-state index in [1.54, 1.807) is 6.92 Å². The van der Waals surface area contributed by atoms with Crippen molar-refractivity contribution in [3.8, 4) is 5.75 Å². The lowest BCUT2D eigenvalue weighted by Gasteiger charge is -2.07. The van der Waals surface area contributed by atoms with Crippen LogP contribution in [0.25, 0.3) is 11.0 Å². The summed E-state index contributed by atoms with van der Waals surface area (Å²) < 4.78 is 39.5. The zero-order valence-electron chi connectivity index (χ0n) is 11.7. The average Bonchev–Trinajstić information content (AvgIpc) is 2.71. The summed E-state index contributed by atoms with van der Waals surface area (Å²) in [6.45, 7) is 9.73. The van der Waals surface area contributed by atoms with E-state index in [9.17, 15) is 13.2 Å². The van der Waals surface area contributed by atoms with Gasteiger partial charge in [0.2, 0.25) is 0 Å². The summed E-state index contributed by atoms with van der Waals surface area (Å²) in [4.78, 5) is 6.88. The first-order valence-electron chi connectivity index (χ1n) is 6.16. The predicted molar refractivity (Wildman–Crippen MR) is 70.2 cm³/mol. The zero-order valence-corrected chi connectivity index (χ0v) is 11.7. The molecule has 0 radical (unpaired) electrons. The van der Waals surface area contributed by atoms with Crippen LogP contribution in [-0.2, 0) is 0 Å². The Morgan fingerprint density at radius 2 is 1.68 bits per heavy atom. The maximum absolute atomic E-state index is 11.9. The molecule has 2 aromatic rings. The highest BCUT2D eigenvalue weighted by Gasteiger charge is 2.31. The maximum atomic E-state index is 11.9. The fourth-order valence-corrected chi connectivity index (χ4v) is 1.31. The van der Waals surface area contributed by atoms with E-state index in [-0.39, 0.29) is 5.75 Å². The number of ether oxygens (including phenoxy) is 1. The molecule has 108 valence electrons. The molecule has 6 heteroatoms. The number of aryl methyl sites for hydroxylation is 1. The van der Waals surface area contributed by atoms with Crippen molar-refractivity contribution in [1.82, 2.24) is 9.97 Å². The molecule has 0 spiro atoms. The first-order valence-corrected chi connectivity index (χ1v) is 6.16. The molecule has 1 N–H and O–H groups in total. The molecule has 1 heterocycles. The first kappa shape index (κ1) is 17.3. The van der Waals surface area contributed by atoms with Gasteiger partial charge in [0.25, 0.3) is 0 Å². The summed E-state index contributed by atoms with van der Waals surface area (Å²) in [5, 5.41) is 0. The minimum absolute atomic E-state index is 0.251. The van der Waals surface area contributed by atoms with Gasteiger partial charge in [-0.2, -0.15) is 0 Å². The van der Waals surface area contributed by atoms with Crippen molar-refractivity contribution in [1.29, 1.82) is 0 Å². The van der Waals surface area contributed by atoms with Crippen LogP contribution in [0, 0.1) is 6.92 Å². The van der Waals surface area contributed by atoms with Gasteiger partial charge in [-0.05, 0) is 19.1 Å². The number of hydrogen-bond acceptors (Lipinski definition) is 2. The van der Waals surface area contributed by atoms with Gasteiger partial charge in [-0.3, -0.25) is 0 Å². The molecule has 0 saturated heterocycles. The van der Waals surface area contributed by atoms with Gasteiger partial charge in [0.1, 0.15) is 11.6 Å². The number of hydrogen-bond donors (Lipinski definition) is 1. The SMILES string of the molecule is CC.CC.Cc1nc2ccc(OC(F)(F)F)cc2[nH]1. The quantitative estimate of drug-likeness (QED) is 0.810. The molecule has 0 atom stereocenters. The molecule has 0 amide bonds. The molecule has 0 aliphatic heterocycles. The second-order valence-corrected chi connectivity index (χ2v) is 3.05. The van der Waals surface area contributed by atoms with Crippen molar-refractivity contribution in [3.63, 3.8) is 0 Å². The predicted octanol–water partition coefficient (Wildman–Crippen LogP) is 4.82. The lowest BCUT2D eigenvalue weighted by atomic mass is 10.3. The first-order chi connectivity index (χ1) is 8.94. The number of alkyl halides is 3. The maximum Gasteiger partial charge on any atom is 0.573 e. The highest BCUT2D eigenvalue weighted by atomic mass is 19.4. The van der Waals surface area contributed by atoms with E-state index in [0.717, 1.165) is 0 Å². The van der Waals surface area contributed by atoms with Gasteiger partial charge in [-0.15, -0.1) is 13.2 Å². The Labute approximate surface area is 110 Å². The van der Waals surface area contributed by atoms with Crippen LogP contribution in [0.3, 0.4) is 0 Å². The minimum Gasteiger partial charge on any atom is -0.406 e. The van der Waals surface area contributed by atoms with Crippen LogP contribution in [0.4, 0.5) is 13.2 Å². The van der Waals surface area contributed by atoms with Crippen LogP contribution < -0.4 is 4.74 Å². The second-order valence-electron chi connectivity index (χ2n) is 3.05. The lowest BCUT2D eigenvalue weighted by molar-refractivity contribution is -0.274. The molecule has 1 aromatic carbocycles. The van der Waals surface area contributed by atoms with Crippen LogP contribution in [0.5, 0.6) is 5.75 Å². The summed E-state index contributed by atoms with van der Waals surface area (Å²) in [7, 11) is 0. The average molecular weight is 276 g/mol. The number of nitrogens with one attached hydrogen (secondary N) is 1. The number of H-pyrrole nitrogens is 1. The van der Waals surface area contributed by atoms with Gasteiger partial charge in [-0.25, -0.2) is 4.98 Å². The molecular formula is C13H19F3N2O. The molecule has 3 nitrogen and oxygen atoms in total. The molecular weight excluding hydrogens is 257 g/mol. The Hall–Kier alpha value is -1.72. The normalized spacial score (nSPS) is 10.1. The van der Waals surface area contributed by atoms with Crippen molar-refractivity contribution >= 4 is 11.0 Å². The largest absolute Gasteiger partial charge is 0.573 e. The van der Waals surface area contributed by atoms with Crippen LogP contribution in [0.1, 0.15) is 33.5 Å². The Morgan fingerprint density at radius 1 is 1.11 bits per heavy atom. The van der Waals surface area contributed by atoms with Crippen LogP contribution in [-0.4, -0.2) is 16.3 Å². The molecule has 19 heavy (non-hydrogen) atoms.